The Kier molecular flexibility index (Phi) is 4.86. The second-order valence-electron chi connectivity index (χ2n) is 5.17. The third-order valence-corrected chi connectivity index (χ3v) is 3.87. The molecule has 0 aliphatic heterocycles. The minimum Gasteiger partial charge on any atom is -0.382 e. The molecule has 0 bridgehead atoms. The van der Waals surface area contributed by atoms with Crippen molar-refractivity contribution in [2.45, 2.75) is 6.54 Å². The quantitative estimate of drug-likeness (QED) is 0.724. The fourth-order valence-corrected chi connectivity index (χ4v) is 2.53. The van der Waals surface area contributed by atoms with Crippen LogP contribution in [0.2, 0.25) is 0 Å². The number of nitrogens with zero attached hydrogens (tertiary/aromatic N) is 2. The Bertz CT molecular complexity index is 851. The zero-order chi connectivity index (χ0) is 16.9. The minimum absolute atomic E-state index is 0.126. The Balaban J connectivity index is 1.72. The molecule has 0 saturated carbocycles. The lowest BCUT2D eigenvalue weighted by Gasteiger charge is -2.07. The fourth-order valence-electron chi connectivity index (χ4n) is 2.25. The van der Waals surface area contributed by atoms with E-state index in [2.05, 4.69) is 31.2 Å². The van der Waals surface area contributed by atoms with Crippen LogP contribution in [-0.2, 0) is 6.54 Å². The SMILES string of the molecule is Nc1ncc(Br)nc1-c1ccc(C(=O)NCc2ccccc2)cc1. The zero-order valence-corrected chi connectivity index (χ0v) is 14.3. The number of halogens is 1. The highest BCUT2D eigenvalue weighted by atomic mass is 79.9. The number of hydrogen-bond acceptors (Lipinski definition) is 4. The predicted octanol–water partition coefficient (Wildman–Crippen LogP) is 3.42. The van der Waals surface area contributed by atoms with Crippen LogP contribution in [0.5, 0.6) is 0 Å². The summed E-state index contributed by atoms with van der Waals surface area (Å²) < 4.78 is 0.608. The Morgan fingerprint density at radius 2 is 1.79 bits per heavy atom. The van der Waals surface area contributed by atoms with Gasteiger partial charge in [-0.25, -0.2) is 9.97 Å². The van der Waals surface area contributed by atoms with Crippen LogP contribution in [-0.4, -0.2) is 15.9 Å². The summed E-state index contributed by atoms with van der Waals surface area (Å²) in [6.45, 7) is 0.492. The number of nitrogens with one attached hydrogen (secondary N) is 1. The average molecular weight is 383 g/mol. The van der Waals surface area contributed by atoms with Gasteiger partial charge < -0.3 is 11.1 Å². The molecule has 0 fully saturated rings. The summed E-state index contributed by atoms with van der Waals surface area (Å²) >= 11 is 3.28. The van der Waals surface area contributed by atoms with Gasteiger partial charge in [-0.2, -0.15) is 0 Å². The number of rotatable bonds is 4. The van der Waals surface area contributed by atoms with Gasteiger partial charge in [0, 0.05) is 17.7 Å². The summed E-state index contributed by atoms with van der Waals surface area (Å²) in [4.78, 5) is 20.6. The summed E-state index contributed by atoms with van der Waals surface area (Å²) in [5.41, 5.74) is 8.88. The molecule has 2 aromatic carbocycles. The minimum atomic E-state index is -0.126. The van der Waals surface area contributed by atoms with Crippen molar-refractivity contribution in [1.82, 2.24) is 15.3 Å². The van der Waals surface area contributed by atoms with E-state index in [1.165, 1.54) is 0 Å². The van der Waals surface area contributed by atoms with Crippen LogP contribution in [0.15, 0.2) is 65.4 Å². The molecule has 120 valence electrons. The molecule has 0 spiro atoms. The van der Waals surface area contributed by atoms with Crippen LogP contribution in [0.4, 0.5) is 5.82 Å². The normalized spacial score (nSPS) is 10.4. The third-order valence-electron chi connectivity index (χ3n) is 3.49. The van der Waals surface area contributed by atoms with Gasteiger partial charge in [0.2, 0.25) is 0 Å². The molecule has 1 amide bonds. The molecule has 24 heavy (non-hydrogen) atoms. The summed E-state index contributed by atoms with van der Waals surface area (Å²) in [6, 6.07) is 16.9. The Hall–Kier alpha value is -2.73. The number of nitrogen functional groups attached to an aromatic ring is 1. The standard InChI is InChI=1S/C18H15BrN4O/c19-15-11-21-17(20)16(23-15)13-6-8-14(9-7-13)18(24)22-10-12-4-2-1-3-5-12/h1-9,11H,10H2,(H2,20,21)(H,22,24). The molecule has 0 radical (unpaired) electrons. The summed E-state index contributed by atoms with van der Waals surface area (Å²) in [7, 11) is 0. The van der Waals surface area contributed by atoms with Crippen molar-refractivity contribution in [3.8, 4) is 11.3 Å². The average Bonchev–Trinajstić information content (AvgIpc) is 2.63. The molecular weight excluding hydrogens is 368 g/mol. The first-order valence-electron chi connectivity index (χ1n) is 7.34. The van der Waals surface area contributed by atoms with Crippen molar-refractivity contribution in [3.05, 3.63) is 76.5 Å². The summed E-state index contributed by atoms with van der Waals surface area (Å²) in [5.74, 6) is 0.221. The summed E-state index contributed by atoms with van der Waals surface area (Å²) in [5, 5.41) is 2.90. The molecule has 0 atom stereocenters. The van der Waals surface area contributed by atoms with Gasteiger partial charge in [-0.05, 0) is 33.6 Å². The molecule has 0 aliphatic carbocycles. The number of anilines is 1. The van der Waals surface area contributed by atoms with Gasteiger partial charge in [-0.3, -0.25) is 4.79 Å². The van der Waals surface area contributed by atoms with Gasteiger partial charge >= 0.3 is 0 Å². The fraction of sp³-hybridized carbons (Fsp3) is 0.0556. The molecule has 5 nitrogen and oxygen atoms in total. The van der Waals surface area contributed by atoms with Gasteiger partial charge in [0.05, 0.1) is 6.20 Å². The van der Waals surface area contributed by atoms with E-state index in [9.17, 15) is 4.79 Å². The molecule has 3 rings (SSSR count). The van der Waals surface area contributed by atoms with E-state index in [0.717, 1.165) is 11.1 Å². The Labute approximate surface area is 148 Å². The van der Waals surface area contributed by atoms with E-state index in [-0.39, 0.29) is 5.91 Å². The first-order valence-corrected chi connectivity index (χ1v) is 8.13. The highest BCUT2D eigenvalue weighted by molar-refractivity contribution is 9.10. The number of carbonyl (C=O) groups is 1. The van der Waals surface area contributed by atoms with E-state index < -0.39 is 0 Å². The van der Waals surface area contributed by atoms with Crippen LogP contribution in [0, 0.1) is 0 Å². The van der Waals surface area contributed by atoms with E-state index in [1.807, 2.05) is 42.5 Å². The molecule has 0 aliphatic rings. The Morgan fingerprint density at radius 1 is 1.08 bits per heavy atom. The molecule has 0 saturated heterocycles. The van der Waals surface area contributed by atoms with Crippen molar-refractivity contribution < 1.29 is 4.79 Å². The van der Waals surface area contributed by atoms with Gasteiger partial charge in [0.25, 0.3) is 5.91 Å². The molecular formula is C18H15BrN4O. The lowest BCUT2D eigenvalue weighted by Crippen LogP contribution is -2.22. The zero-order valence-electron chi connectivity index (χ0n) is 12.7. The van der Waals surface area contributed by atoms with Crippen molar-refractivity contribution in [3.63, 3.8) is 0 Å². The lowest BCUT2D eigenvalue weighted by atomic mass is 10.1. The number of benzene rings is 2. The molecule has 3 N–H and O–H groups in total. The smallest absolute Gasteiger partial charge is 0.251 e. The molecule has 1 heterocycles. The van der Waals surface area contributed by atoms with Crippen molar-refractivity contribution >= 4 is 27.7 Å². The van der Waals surface area contributed by atoms with Crippen molar-refractivity contribution in [2.24, 2.45) is 0 Å². The van der Waals surface area contributed by atoms with E-state index in [4.69, 9.17) is 5.73 Å². The van der Waals surface area contributed by atoms with E-state index >= 15 is 0 Å². The van der Waals surface area contributed by atoms with Crippen molar-refractivity contribution in [2.75, 3.05) is 5.73 Å². The van der Waals surface area contributed by atoms with Crippen LogP contribution in [0.3, 0.4) is 0 Å². The first kappa shape index (κ1) is 16.1. The number of amides is 1. The van der Waals surface area contributed by atoms with E-state index in [1.54, 1.807) is 18.3 Å². The van der Waals surface area contributed by atoms with Gasteiger partial charge in [0.1, 0.15) is 16.1 Å². The van der Waals surface area contributed by atoms with Crippen molar-refractivity contribution in [1.29, 1.82) is 0 Å². The van der Waals surface area contributed by atoms with Crippen LogP contribution >= 0.6 is 15.9 Å². The maximum absolute atomic E-state index is 12.2. The number of hydrogen-bond donors (Lipinski definition) is 2. The van der Waals surface area contributed by atoms with Gasteiger partial charge in [-0.1, -0.05) is 42.5 Å². The molecule has 1 aromatic heterocycles. The molecule has 0 unspecified atom stereocenters. The third kappa shape index (κ3) is 3.78. The van der Waals surface area contributed by atoms with Gasteiger partial charge in [-0.15, -0.1) is 0 Å². The maximum Gasteiger partial charge on any atom is 0.251 e. The monoisotopic (exact) mass is 382 g/mol. The van der Waals surface area contributed by atoms with E-state index in [0.29, 0.717) is 28.2 Å². The second-order valence-corrected chi connectivity index (χ2v) is 5.98. The predicted molar refractivity (Wildman–Crippen MR) is 97.2 cm³/mol. The van der Waals surface area contributed by atoms with Crippen LogP contribution in [0.1, 0.15) is 15.9 Å². The largest absolute Gasteiger partial charge is 0.382 e. The second kappa shape index (κ2) is 7.23. The number of carbonyl (C=O) groups excluding carboxylic acids is 1. The molecule has 6 heteroatoms. The number of nitrogens with two attached hydrogens (primary N) is 1. The lowest BCUT2D eigenvalue weighted by molar-refractivity contribution is 0.0951. The molecule has 3 aromatic rings. The van der Waals surface area contributed by atoms with Crippen LogP contribution in [0.25, 0.3) is 11.3 Å². The van der Waals surface area contributed by atoms with Crippen LogP contribution < -0.4 is 11.1 Å². The highest BCUT2D eigenvalue weighted by Crippen LogP contribution is 2.24. The topological polar surface area (TPSA) is 80.9 Å². The Morgan fingerprint density at radius 3 is 2.50 bits per heavy atom. The summed E-state index contributed by atoms with van der Waals surface area (Å²) in [6.07, 6.45) is 1.55. The first-order chi connectivity index (χ1) is 11.6. The number of aromatic nitrogens is 2. The van der Waals surface area contributed by atoms with Gasteiger partial charge in [0.15, 0.2) is 0 Å². The highest BCUT2D eigenvalue weighted by Gasteiger charge is 2.09. The maximum atomic E-state index is 12.2.